The fourth-order valence-electron chi connectivity index (χ4n) is 0.603. The van der Waals surface area contributed by atoms with Gasteiger partial charge >= 0.3 is 0 Å². The van der Waals surface area contributed by atoms with Crippen LogP contribution in [0, 0.1) is 21.6 Å². The topological polar surface area (TPSA) is 236 Å². The zero-order chi connectivity index (χ0) is 16.0. The molecule has 0 aliphatic carbocycles. The second kappa shape index (κ2) is 12.1. The van der Waals surface area contributed by atoms with Crippen LogP contribution in [-0.2, 0) is 0 Å². The Morgan fingerprint density at radius 2 is 0.950 bits per heavy atom. The average molecular weight is 281 g/mol. The molecule has 0 aromatic carbocycles. The minimum absolute atomic E-state index is 0.312. The van der Waals surface area contributed by atoms with Crippen molar-refractivity contribution in [3.63, 3.8) is 0 Å². The van der Waals surface area contributed by atoms with E-state index in [2.05, 4.69) is 4.98 Å². The van der Waals surface area contributed by atoms with Crippen molar-refractivity contribution in [3.8, 4) is 0 Å². The Balaban J connectivity index is 0. The predicted molar refractivity (Wildman–Crippen MR) is 78.2 cm³/mol. The zero-order valence-electron chi connectivity index (χ0n) is 10.6. The molecular formula is C9H19N11. The molecule has 11 nitrogen and oxygen atoms in total. The van der Waals surface area contributed by atoms with E-state index in [1.807, 2.05) is 28.8 Å². The van der Waals surface area contributed by atoms with E-state index in [4.69, 9.17) is 44.6 Å². The van der Waals surface area contributed by atoms with Gasteiger partial charge in [-0.25, -0.2) is 0 Å². The smallest absolute Gasteiger partial charge is 0.192 e. The molecule has 0 bridgehead atoms. The van der Waals surface area contributed by atoms with Gasteiger partial charge in [-0.2, -0.15) is 0 Å². The third kappa shape index (κ3) is 24.1. The predicted octanol–water partition coefficient (Wildman–Crippen LogP) is -2.19. The minimum Gasteiger partial charge on any atom is -0.370 e. The van der Waals surface area contributed by atoms with Gasteiger partial charge in [0.25, 0.3) is 0 Å². The van der Waals surface area contributed by atoms with Gasteiger partial charge in [-0.3, -0.25) is 37.3 Å². The van der Waals surface area contributed by atoms with Crippen LogP contribution >= 0.6 is 0 Å². The van der Waals surface area contributed by atoms with E-state index in [0.29, 0.717) is 0 Å². The number of rotatable bonds is 0. The summed E-state index contributed by atoms with van der Waals surface area (Å²) in [6.45, 7) is 0. The van der Waals surface area contributed by atoms with Crippen molar-refractivity contribution in [2.75, 3.05) is 0 Å². The number of aromatic nitrogens is 1. The zero-order valence-corrected chi connectivity index (χ0v) is 10.6. The maximum absolute atomic E-state index is 6.47. The maximum atomic E-state index is 6.47. The molecular weight excluding hydrogens is 262 g/mol. The highest BCUT2D eigenvalue weighted by Crippen LogP contribution is 1.73. The molecule has 0 aliphatic heterocycles. The lowest BCUT2D eigenvalue weighted by Crippen LogP contribution is -2.39. The van der Waals surface area contributed by atoms with Crippen molar-refractivity contribution in [1.29, 1.82) is 21.6 Å². The quantitative estimate of drug-likeness (QED) is 0.186. The van der Waals surface area contributed by atoms with Gasteiger partial charge in [-0.05, 0) is 12.1 Å². The molecule has 0 aliphatic rings. The Kier molecular flexibility index (Phi) is 11.5. The highest BCUT2D eigenvalue weighted by molar-refractivity contribution is 5.94. The van der Waals surface area contributed by atoms with Gasteiger partial charge in [0.1, 0.15) is 0 Å². The van der Waals surface area contributed by atoms with E-state index in [1.54, 1.807) is 12.4 Å². The summed E-state index contributed by atoms with van der Waals surface area (Å²) >= 11 is 0. The van der Waals surface area contributed by atoms with Crippen LogP contribution in [0.5, 0.6) is 0 Å². The second-order valence-corrected chi connectivity index (χ2v) is 2.93. The van der Waals surface area contributed by atoms with Gasteiger partial charge in [-0.1, -0.05) is 6.07 Å². The molecule has 0 amide bonds. The van der Waals surface area contributed by atoms with E-state index < -0.39 is 0 Å². The number of guanidine groups is 4. The Hall–Kier alpha value is -3.37. The van der Waals surface area contributed by atoms with Crippen LogP contribution in [0.2, 0.25) is 0 Å². The Labute approximate surface area is 115 Å². The van der Waals surface area contributed by atoms with Gasteiger partial charge in [0.05, 0.1) is 0 Å². The lowest BCUT2D eigenvalue weighted by molar-refractivity contribution is 1.18. The van der Waals surface area contributed by atoms with Crippen LogP contribution in [-0.4, -0.2) is 28.8 Å². The largest absolute Gasteiger partial charge is 0.370 e. The van der Waals surface area contributed by atoms with Crippen molar-refractivity contribution < 1.29 is 0 Å². The van der Waals surface area contributed by atoms with Gasteiger partial charge in [0, 0.05) is 12.4 Å². The molecule has 0 spiro atoms. The van der Waals surface area contributed by atoms with Gasteiger partial charge in [0.15, 0.2) is 23.8 Å². The van der Waals surface area contributed by atoms with E-state index >= 15 is 0 Å². The standard InChI is InChI=1S/C5H5N.2C2H7N5/c1-2-4-6-5-3-1;2*3-1(4)7-2(5)6/h1-5H;2*(H7,3,4,5,6,7). The fraction of sp³-hybridized carbons (Fsp3) is 0. The monoisotopic (exact) mass is 281 g/mol. The van der Waals surface area contributed by atoms with E-state index in [-0.39, 0.29) is 23.8 Å². The van der Waals surface area contributed by atoms with Crippen LogP contribution in [0.15, 0.2) is 30.6 Å². The summed E-state index contributed by atoms with van der Waals surface area (Å²) in [5, 5.41) is 29.9. The molecule has 0 saturated heterocycles. The lowest BCUT2D eigenvalue weighted by Gasteiger charge is -1.95. The number of nitrogens with zero attached hydrogens (tertiary/aromatic N) is 1. The number of nitrogens with one attached hydrogen (secondary N) is 6. The molecule has 0 radical (unpaired) electrons. The highest BCUT2D eigenvalue weighted by Gasteiger charge is 1.84. The summed E-state index contributed by atoms with van der Waals surface area (Å²) in [6, 6.07) is 5.72. The first kappa shape index (κ1) is 19.0. The minimum atomic E-state index is -0.312. The molecule has 0 fully saturated rings. The Morgan fingerprint density at radius 3 is 1.00 bits per heavy atom. The summed E-state index contributed by atoms with van der Waals surface area (Å²) in [7, 11) is 0. The summed E-state index contributed by atoms with van der Waals surface area (Å²) in [4.78, 5) is 3.78. The SMILES string of the molecule is N=C(N)NC(=N)N.N=C(N)NC(=N)N.c1ccncc1. The fourth-order valence-corrected chi connectivity index (χ4v) is 0.603. The molecule has 11 heteroatoms. The average Bonchev–Trinajstić information content (AvgIpc) is 2.29. The number of hydrogen-bond acceptors (Lipinski definition) is 5. The van der Waals surface area contributed by atoms with Gasteiger partial charge in [-0.15, -0.1) is 0 Å². The van der Waals surface area contributed by atoms with Crippen LogP contribution in [0.1, 0.15) is 0 Å². The molecule has 14 N–H and O–H groups in total. The normalized spacial score (nSPS) is 7.60. The van der Waals surface area contributed by atoms with Crippen LogP contribution in [0.3, 0.4) is 0 Å². The number of nitrogens with two attached hydrogens (primary N) is 4. The first-order valence-electron chi connectivity index (χ1n) is 5.00. The molecule has 110 valence electrons. The molecule has 0 unspecified atom stereocenters. The van der Waals surface area contributed by atoms with Crippen molar-refractivity contribution >= 4 is 23.8 Å². The summed E-state index contributed by atoms with van der Waals surface area (Å²) in [5.41, 5.74) is 19.0. The molecule has 20 heavy (non-hydrogen) atoms. The molecule has 1 heterocycles. The first-order valence-corrected chi connectivity index (χ1v) is 5.00. The first-order chi connectivity index (χ1) is 9.25. The van der Waals surface area contributed by atoms with E-state index in [0.717, 1.165) is 0 Å². The molecule has 1 rings (SSSR count). The van der Waals surface area contributed by atoms with Crippen molar-refractivity contribution in [3.05, 3.63) is 30.6 Å². The van der Waals surface area contributed by atoms with Crippen molar-refractivity contribution in [2.45, 2.75) is 0 Å². The van der Waals surface area contributed by atoms with Crippen LogP contribution in [0.25, 0.3) is 0 Å². The maximum Gasteiger partial charge on any atom is 0.192 e. The third-order valence-corrected chi connectivity index (χ3v) is 1.11. The second-order valence-electron chi connectivity index (χ2n) is 2.93. The highest BCUT2D eigenvalue weighted by atomic mass is 15.1. The number of hydrogen-bond donors (Lipinski definition) is 10. The Bertz CT molecular complexity index is 350. The van der Waals surface area contributed by atoms with E-state index in [1.165, 1.54) is 0 Å². The number of pyridine rings is 1. The van der Waals surface area contributed by atoms with Crippen LogP contribution < -0.4 is 33.6 Å². The Morgan fingerprint density at radius 1 is 0.650 bits per heavy atom. The molecule has 0 saturated carbocycles. The summed E-state index contributed by atoms with van der Waals surface area (Å²) < 4.78 is 0. The molecule has 1 aromatic rings. The van der Waals surface area contributed by atoms with Crippen molar-refractivity contribution in [1.82, 2.24) is 15.6 Å². The van der Waals surface area contributed by atoms with Crippen LogP contribution in [0.4, 0.5) is 0 Å². The van der Waals surface area contributed by atoms with Gasteiger partial charge in [0.2, 0.25) is 0 Å². The van der Waals surface area contributed by atoms with Gasteiger partial charge < -0.3 is 22.9 Å². The third-order valence-electron chi connectivity index (χ3n) is 1.11. The molecule has 1 aromatic heterocycles. The van der Waals surface area contributed by atoms with E-state index in [9.17, 15) is 0 Å². The molecule has 0 atom stereocenters. The van der Waals surface area contributed by atoms with Crippen molar-refractivity contribution in [2.24, 2.45) is 22.9 Å². The lowest BCUT2D eigenvalue weighted by atomic mass is 10.5. The summed E-state index contributed by atoms with van der Waals surface area (Å²) in [5.74, 6) is -1.25. The summed E-state index contributed by atoms with van der Waals surface area (Å²) in [6.07, 6.45) is 3.50.